The molecule has 0 radical (unpaired) electrons. The van der Waals surface area contributed by atoms with E-state index in [1.807, 2.05) is 24.3 Å². The van der Waals surface area contributed by atoms with Crippen LogP contribution in [0, 0.1) is 0 Å². The molecule has 4 nitrogen and oxygen atoms in total. The lowest BCUT2D eigenvalue weighted by atomic mass is 10.2. The topological polar surface area (TPSA) is 61.0 Å². The molecule has 2 N–H and O–H groups in total. The van der Waals surface area contributed by atoms with E-state index in [0.29, 0.717) is 27.4 Å². The Labute approximate surface area is 125 Å². The fourth-order valence-corrected chi connectivity index (χ4v) is 2.14. The van der Waals surface area contributed by atoms with Crippen LogP contribution in [-0.2, 0) is 0 Å². The predicted molar refractivity (Wildman–Crippen MR) is 80.5 cm³/mol. The minimum absolute atomic E-state index is 0.365. The standard InChI is InChI=1S/C14H9Cl2N3O/c15-10-5-12(17)13(6-11(10)16)20-14-9-4-2-1-3-8(9)7-18-19-14/h1-7H,17H2. The molecule has 0 bridgehead atoms. The maximum atomic E-state index is 5.97. The molecule has 6 heteroatoms. The van der Waals surface area contributed by atoms with Crippen molar-refractivity contribution in [3.05, 3.63) is 52.6 Å². The summed E-state index contributed by atoms with van der Waals surface area (Å²) in [6, 6.07) is 10.7. The predicted octanol–water partition coefficient (Wildman–Crippen LogP) is 4.31. The second-order valence-corrected chi connectivity index (χ2v) is 4.96. The zero-order valence-electron chi connectivity index (χ0n) is 10.2. The summed E-state index contributed by atoms with van der Waals surface area (Å²) in [6.45, 7) is 0. The largest absolute Gasteiger partial charge is 0.435 e. The lowest BCUT2D eigenvalue weighted by Gasteiger charge is -2.10. The molecule has 0 saturated carbocycles. The first-order chi connectivity index (χ1) is 9.65. The van der Waals surface area contributed by atoms with E-state index in [0.717, 1.165) is 10.8 Å². The van der Waals surface area contributed by atoms with Gasteiger partial charge >= 0.3 is 0 Å². The van der Waals surface area contributed by atoms with Crippen molar-refractivity contribution in [3.63, 3.8) is 0 Å². The first kappa shape index (κ1) is 13.0. The summed E-state index contributed by atoms with van der Waals surface area (Å²) in [7, 11) is 0. The number of nitrogens with zero attached hydrogens (tertiary/aromatic N) is 2. The van der Waals surface area contributed by atoms with E-state index in [4.69, 9.17) is 33.7 Å². The van der Waals surface area contributed by atoms with Crippen molar-refractivity contribution in [1.82, 2.24) is 10.2 Å². The molecule has 1 aromatic heterocycles. The van der Waals surface area contributed by atoms with Crippen molar-refractivity contribution in [3.8, 4) is 11.6 Å². The second-order valence-electron chi connectivity index (χ2n) is 4.14. The molecule has 0 aliphatic rings. The summed E-state index contributed by atoms with van der Waals surface area (Å²) in [6.07, 6.45) is 1.67. The highest BCUT2D eigenvalue weighted by molar-refractivity contribution is 6.42. The maximum absolute atomic E-state index is 5.97. The molecule has 20 heavy (non-hydrogen) atoms. The molecule has 100 valence electrons. The number of fused-ring (bicyclic) bond motifs is 1. The van der Waals surface area contributed by atoms with E-state index in [1.165, 1.54) is 6.07 Å². The molecule has 0 unspecified atom stereocenters. The van der Waals surface area contributed by atoms with Gasteiger partial charge < -0.3 is 10.5 Å². The number of ether oxygens (including phenoxy) is 1. The fraction of sp³-hybridized carbons (Fsp3) is 0. The van der Waals surface area contributed by atoms with Gasteiger partial charge in [-0.3, -0.25) is 0 Å². The van der Waals surface area contributed by atoms with Crippen molar-refractivity contribution in [2.24, 2.45) is 0 Å². The number of halogens is 2. The molecule has 0 amide bonds. The van der Waals surface area contributed by atoms with Crippen molar-refractivity contribution in [2.75, 3.05) is 5.73 Å². The van der Waals surface area contributed by atoms with Gasteiger partial charge in [0.25, 0.3) is 0 Å². The Morgan fingerprint density at radius 1 is 1.05 bits per heavy atom. The van der Waals surface area contributed by atoms with E-state index in [9.17, 15) is 0 Å². The van der Waals surface area contributed by atoms with Gasteiger partial charge in [-0.15, -0.1) is 5.10 Å². The summed E-state index contributed by atoms with van der Waals surface area (Å²) >= 11 is 11.9. The van der Waals surface area contributed by atoms with E-state index in [1.54, 1.807) is 12.3 Å². The molecular formula is C14H9Cl2N3O. The normalized spacial score (nSPS) is 10.7. The second kappa shape index (κ2) is 5.15. The summed E-state index contributed by atoms with van der Waals surface area (Å²) in [4.78, 5) is 0. The van der Waals surface area contributed by atoms with Crippen molar-refractivity contribution >= 4 is 39.7 Å². The number of hydrogen-bond acceptors (Lipinski definition) is 4. The van der Waals surface area contributed by atoms with Crippen LogP contribution < -0.4 is 10.5 Å². The number of nitrogens with two attached hydrogens (primary N) is 1. The van der Waals surface area contributed by atoms with Gasteiger partial charge in [-0.2, -0.15) is 5.10 Å². The maximum Gasteiger partial charge on any atom is 0.246 e. The highest BCUT2D eigenvalue weighted by Crippen LogP contribution is 2.36. The summed E-state index contributed by atoms with van der Waals surface area (Å²) in [5, 5.41) is 10.4. The van der Waals surface area contributed by atoms with E-state index in [2.05, 4.69) is 10.2 Å². The van der Waals surface area contributed by atoms with Gasteiger partial charge in [0.05, 0.1) is 21.9 Å². The highest BCUT2D eigenvalue weighted by Gasteiger charge is 2.10. The number of anilines is 1. The Bertz CT molecular complexity index is 787. The summed E-state index contributed by atoms with van der Waals surface area (Å²) < 4.78 is 5.72. The lowest BCUT2D eigenvalue weighted by molar-refractivity contribution is 0.464. The smallest absolute Gasteiger partial charge is 0.246 e. The van der Waals surface area contributed by atoms with Gasteiger partial charge in [-0.05, 0) is 12.1 Å². The van der Waals surface area contributed by atoms with Crippen LogP contribution in [0.3, 0.4) is 0 Å². The molecule has 3 aromatic rings. The number of nitrogen functional groups attached to an aromatic ring is 1. The number of rotatable bonds is 2. The van der Waals surface area contributed by atoms with Crippen LogP contribution in [0.2, 0.25) is 10.0 Å². The third-order valence-electron chi connectivity index (χ3n) is 2.80. The average Bonchev–Trinajstić information content (AvgIpc) is 2.45. The summed E-state index contributed by atoms with van der Waals surface area (Å²) in [5.41, 5.74) is 6.25. The number of aromatic nitrogens is 2. The quantitative estimate of drug-likeness (QED) is 0.717. The van der Waals surface area contributed by atoms with Crippen LogP contribution >= 0.6 is 23.2 Å². The Hall–Kier alpha value is -2.04. The first-order valence-electron chi connectivity index (χ1n) is 5.78. The monoisotopic (exact) mass is 305 g/mol. The van der Waals surface area contributed by atoms with Gasteiger partial charge in [0.2, 0.25) is 5.88 Å². The Morgan fingerprint density at radius 2 is 1.80 bits per heavy atom. The SMILES string of the molecule is Nc1cc(Cl)c(Cl)cc1Oc1nncc2ccccc12. The number of hydrogen-bond donors (Lipinski definition) is 1. The third kappa shape index (κ3) is 2.35. The van der Waals surface area contributed by atoms with Crippen LogP contribution in [0.1, 0.15) is 0 Å². The van der Waals surface area contributed by atoms with E-state index < -0.39 is 0 Å². The lowest BCUT2D eigenvalue weighted by Crippen LogP contribution is -1.96. The Morgan fingerprint density at radius 3 is 2.65 bits per heavy atom. The minimum atomic E-state index is 0.365. The zero-order valence-corrected chi connectivity index (χ0v) is 11.7. The molecule has 0 atom stereocenters. The molecular weight excluding hydrogens is 297 g/mol. The summed E-state index contributed by atoms with van der Waals surface area (Å²) in [5.74, 6) is 0.762. The van der Waals surface area contributed by atoms with Gasteiger partial charge in [-0.25, -0.2) is 0 Å². The van der Waals surface area contributed by atoms with E-state index in [-0.39, 0.29) is 0 Å². The average molecular weight is 306 g/mol. The Balaban J connectivity index is 2.08. The highest BCUT2D eigenvalue weighted by atomic mass is 35.5. The molecule has 0 saturated heterocycles. The molecule has 3 rings (SSSR count). The van der Waals surface area contributed by atoms with Crippen molar-refractivity contribution < 1.29 is 4.74 Å². The van der Waals surface area contributed by atoms with Gasteiger partial charge in [0.1, 0.15) is 0 Å². The van der Waals surface area contributed by atoms with Gasteiger partial charge in [0.15, 0.2) is 5.75 Å². The molecule has 2 aromatic carbocycles. The Kier molecular flexibility index (Phi) is 3.34. The number of benzene rings is 2. The van der Waals surface area contributed by atoms with Crippen LogP contribution in [-0.4, -0.2) is 10.2 Å². The molecule has 0 aliphatic carbocycles. The minimum Gasteiger partial charge on any atom is -0.435 e. The molecule has 1 heterocycles. The third-order valence-corrected chi connectivity index (χ3v) is 3.52. The van der Waals surface area contributed by atoms with Crippen molar-refractivity contribution in [2.45, 2.75) is 0 Å². The van der Waals surface area contributed by atoms with Crippen LogP contribution in [0.25, 0.3) is 10.8 Å². The molecule has 0 spiro atoms. The molecule has 0 fully saturated rings. The molecule has 0 aliphatic heterocycles. The van der Waals surface area contributed by atoms with Crippen LogP contribution in [0.4, 0.5) is 5.69 Å². The fourth-order valence-electron chi connectivity index (χ4n) is 1.81. The van der Waals surface area contributed by atoms with Gasteiger partial charge in [-0.1, -0.05) is 41.4 Å². The first-order valence-corrected chi connectivity index (χ1v) is 6.53. The van der Waals surface area contributed by atoms with Crippen LogP contribution in [0.15, 0.2) is 42.6 Å². The van der Waals surface area contributed by atoms with E-state index >= 15 is 0 Å². The van der Waals surface area contributed by atoms with Crippen LogP contribution in [0.5, 0.6) is 11.6 Å². The van der Waals surface area contributed by atoms with Gasteiger partial charge in [0, 0.05) is 16.8 Å². The van der Waals surface area contributed by atoms with Crippen molar-refractivity contribution in [1.29, 1.82) is 0 Å². The zero-order chi connectivity index (χ0) is 14.1.